The average molecular weight is 152 g/mol. The molecule has 1 aliphatic rings. The standard InChI is InChI=1S/C10H16O/c1-7(2)8-5-10(3,4)6-9(8)11/h5-6H2,1-4H3. The van der Waals surface area contributed by atoms with Gasteiger partial charge in [0.1, 0.15) is 0 Å². The zero-order valence-corrected chi connectivity index (χ0v) is 7.82. The van der Waals surface area contributed by atoms with Crippen LogP contribution in [0, 0.1) is 5.41 Å². The Labute approximate surface area is 68.5 Å². The van der Waals surface area contributed by atoms with Gasteiger partial charge >= 0.3 is 0 Å². The molecule has 0 aliphatic heterocycles. The quantitative estimate of drug-likeness (QED) is 0.488. The maximum absolute atomic E-state index is 11.4. The topological polar surface area (TPSA) is 17.1 Å². The molecular weight excluding hydrogens is 136 g/mol. The average Bonchev–Trinajstić information content (AvgIpc) is 2.05. The number of hydrogen-bond acceptors (Lipinski definition) is 1. The van der Waals surface area contributed by atoms with Crippen LogP contribution in [0.2, 0.25) is 0 Å². The molecule has 0 spiro atoms. The van der Waals surface area contributed by atoms with E-state index in [1.807, 2.05) is 13.8 Å². The van der Waals surface area contributed by atoms with Crippen LogP contribution in [0.15, 0.2) is 11.1 Å². The van der Waals surface area contributed by atoms with Crippen LogP contribution in [0.3, 0.4) is 0 Å². The first-order chi connectivity index (χ1) is 4.92. The molecule has 1 saturated carbocycles. The summed E-state index contributed by atoms with van der Waals surface area (Å²) in [6.45, 7) is 8.35. The zero-order valence-electron chi connectivity index (χ0n) is 7.82. The van der Waals surface area contributed by atoms with Crippen molar-refractivity contribution in [2.24, 2.45) is 5.41 Å². The van der Waals surface area contributed by atoms with E-state index in [0.29, 0.717) is 5.78 Å². The highest BCUT2D eigenvalue weighted by molar-refractivity contribution is 5.98. The summed E-state index contributed by atoms with van der Waals surface area (Å²) in [6, 6.07) is 0. The van der Waals surface area contributed by atoms with E-state index in [-0.39, 0.29) is 5.41 Å². The van der Waals surface area contributed by atoms with Crippen LogP contribution in [0.5, 0.6) is 0 Å². The van der Waals surface area contributed by atoms with Gasteiger partial charge in [-0.15, -0.1) is 0 Å². The Hall–Kier alpha value is -0.590. The van der Waals surface area contributed by atoms with Crippen LogP contribution < -0.4 is 0 Å². The minimum atomic E-state index is 0.212. The fourth-order valence-electron chi connectivity index (χ4n) is 1.64. The third-order valence-electron chi connectivity index (χ3n) is 2.23. The maximum Gasteiger partial charge on any atom is 0.159 e. The lowest BCUT2D eigenvalue weighted by molar-refractivity contribution is -0.115. The molecule has 0 aromatic carbocycles. The highest BCUT2D eigenvalue weighted by Crippen LogP contribution is 2.39. The number of carbonyl (C=O) groups excluding carboxylic acids is 1. The summed E-state index contributed by atoms with van der Waals surface area (Å²) in [5, 5.41) is 0. The van der Waals surface area contributed by atoms with E-state index in [4.69, 9.17) is 0 Å². The smallest absolute Gasteiger partial charge is 0.159 e. The molecule has 0 N–H and O–H groups in total. The van der Waals surface area contributed by atoms with Crippen molar-refractivity contribution < 1.29 is 4.79 Å². The first-order valence-electron chi connectivity index (χ1n) is 4.12. The molecule has 1 fully saturated rings. The SMILES string of the molecule is CC(C)=C1CC(C)(C)CC1=O. The number of ketones is 1. The number of rotatable bonds is 0. The Balaban J connectivity index is 2.92. The number of hydrogen-bond donors (Lipinski definition) is 0. The van der Waals surface area contributed by atoms with Crippen molar-refractivity contribution >= 4 is 5.78 Å². The predicted molar refractivity (Wildman–Crippen MR) is 46.4 cm³/mol. The van der Waals surface area contributed by atoms with E-state index in [1.165, 1.54) is 5.57 Å². The van der Waals surface area contributed by atoms with Crippen LogP contribution in [0.1, 0.15) is 40.5 Å². The summed E-state index contributed by atoms with van der Waals surface area (Å²) in [5.74, 6) is 0.356. The van der Waals surface area contributed by atoms with Gasteiger partial charge in [0, 0.05) is 6.42 Å². The summed E-state index contributed by atoms with van der Waals surface area (Å²) in [4.78, 5) is 11.4. The Morgan fingerprint density at radius 2 is 1.82 bits per heavy atom. The third-order valence-corrected chi connectivity index (χ3v) is 2.23. The van der Waals surface area contributed by atoms with Gasteiger partial charge in [0.25, 0.3) is 0 Å². The first kappa shape index (κ1) is 8.51. The molecule has 0 amide bonds. The largest absolute Gasteiger partial charge is 0.295 e. The second-order valence-electron chi connectivity index (χ2n) is 4.42. The van der Waals surface area contributed by atoms with Crippen molar-refractivity contribution in [3.63, 3.8) is 0 Å². The van der Waals surface area contributed by atoms with Gasteiger partial charge in [-0.3, -0.25) is 4.79 Å². The lowest BCUT2D eigenvalue weighted by atomic mass is 9.91. The van der Waals surface area contributed by atoms with Crippen LogP contribution in [-0.2, 0) is 4.79 Å². The van der Waals surface area contributed by atoms with Gasteiger partial charge in [-0.25, -0.2) is 0 Å². The predicted octanol–water partition coefficient (Wildman–Crippen LogP) is 2.71. The Morgan fingerprint density at radius 3 is 2.00 bits per heavy atom. The monoisotopic (exact) mass is 152 g/mol. The molecule has 0 heterocycles. The summed E-state index contributed by atoms with van der Waals surface area (Å²) in [6.07, 6.45) is 1.70. The minimum Gasteiger partial charge on any atom is -0.295 e. The molecule has 1 aliphatic carbocycles. The number of Topliss-reactive ketones (excluding diaryl/α,β-unsaturated/α-hetero) is 1. The van der Waals surface area contributed by atoms with Crippen LogP contribution in [-0.4, -0.2) is 5.78 Å². The van der Waals surface area contributed by atoms with Gasteiger partial charge in [-0.1, -0.05) is 19.4 Å². The van der Waals surface area contributed by atoms with E-state index in [0.717, 1.165) is 18.4 Å². The zero-order chi connectivity index (χ0) is 8.65. The summed E-state index contributed by atoms with van der Waals surface area (Å²) >= 11 is 0. The van der Waals surface area contributed by atoms with Crippen LogP contribution in [0.4, 0.5) is 0 Å². The normalized spacial score (nSPS) is 22.5. The Morgan fingerprint density at radius 1 is 1.27 bits per heavy atom. The lowest BCUT2D eigenvalue weighted by Crippen LogP contribution is -2.04. The molecule has 0 aromatic rings. The Kier molecular flexibility index (Phi) is 1.91. The van der Waals surface area contributed by atoms with Crippen molar-refractivity contribution in [3.8, 4) is 0 Å². The molecule has 0 bridgehead atoms. The van der Waals surface area contributed by atoms with Crippen molar-refractivity contribution in [1.29, 1.82) is 0 Å². The molecule has 0 unspecified atom stereocenters. The molecule has 11 heavy (non-hydrogen) atoms. The third kappa shape index (κ3) is 1.70. The van der Waals surface area contributed by atoms with Crippen molar-refractivity contribution in [2.75, 3.05) is 0 Å². The molecule has 0 radical (unpaired) electrons. The molecule has 0 atom stereocenters. The van der Waals surface area contributed by atoms with Gasteiger partial charge in [-0.2, -0.15) is 0 Å². The molecule has 0 aromatic heterocycles. The second kappa shape index (κ2) is 2.47. The van der Waals surface area contributed by atoms with Crippen molar-refractivity contribution in [1.82, 2.24) is 0 Å². The molecule has 1 rings (SSSR count). The minimum absolute atomic E-state index is 0.212. The van der Waals surface area contributed by atoms with E-state index < -0.39 is 0 Å². The van der Waals surface area contributed by atoms with Crippen LogP contribution in [0.25, 0.3) is 0 Å². The number of carbonyl (C=O) groups is 1. The molecule has 1 nitrogen and oxygen atoms in total. The van der Waals surface area contributed by atoms with Gasteiger partial charge in [0.15, 0.2) is 5.78 Å². The highest BCUT2D eigenvalue weighted by atomic mass is 16.1. The molecule has 0 saturated heterocycles. The summed E-state index contributed by atoms with van der Waals surface area (Å²) in [5.41, 5.74) is 2.47. The van der Waals surface area contributed by atoms with Gasteiger partial charge in [-0.05, 0) is 31.3 Å². The van der Waals surface area contributed by atoms with E-state index >= 15 is 0 Å². The lowest BCUT2D eigenvalue weighted by Gasteiger charge is -2.13. The fourth-order valence-corrected chi connectivity index (χ4v) is 1.64. The second-order valence-corrected chi connectivity index (χ2v) is 4.42. The van der Waals surface area contributed by atoms with Gasteiger partial charge in [0.05, 0.1) is 0 Å². The maximum atomic E-state index is 11.4. The molecular formula is C10H16O. The van der Waals surface area contributed by atoms with Crippen LogP contribution >= 0.6 is 0 Å². The molecule has 62 valence electrons. The van der Waals surface area contributed by atoms with E-state index in [1.54, 1.807) is 0 Å². The van der Waals surface area contributed by atoms with Gasteiger partial charge in [0.2, 0.25) is 0 Å². The van der Waals surface area contributed by atoms with Gasteiger partial charge < -0.3 is 0 Å². The number of allylic oxidation sites excluding steroid dienone is 2. The first-order valence-corrected chi connectivity index (χ1v) is 4.12. The fraction of sp³-hybridized carbons (Fsp3) is 0.700. The Bertz CT molecular complexity index is 217. The van der Waals surface area contributed by atoms with Crippen molar-refractivity contribution in [2.45, 2.75) is 40.5 Å². The van der Waals surface area contributed by atoms with E-state index in [2.05, 4.69) is 13.8 Å². The summed E-state index contributed by atoms with van der Waals surface area (Å²) < 4.78 is 0. The molecule has 1 heteroatoms. The highest BCUT2D eigenvalue weighted by Gasteiger charge is 2.33. The van der Waals surface area contributed by atoms with E-state index in [9.17, 15) is 4.79 Å². The summed E-state index contributed by atoms with van der Waals surface area (Å²) in [7, 11) is 0. The van der Waals surface area contributed by atoms with Crippen molar-refractivity contribution in [3.05, 3.63) is 11.1 Å².